The van der Waals surface area contributed by atoms with Crippen LogP contribution in [-0.2, 0) is 19.1 Å². The van der Waals surface area contributed by atoms with Crippen LogP contribution in [0.25, 0.3) is 0 Å². The third-order valence-corrected chi connectivity index (χ3v) is 3.73. The highest BCUT2D eigenvalue weighted by Crippen LogP contribution is 2.42. The van der Waals surface area contributed by atoms with Gasteiger partial charge in [-0.25, -0.2) is 0 Å². The van der Waals surface area contributed by atoms with Crippen LogP contribution in [0.2, 0.25) is 0 Å². The number of hydrogen-bond acceptors (Lipinski definition) is 4. The number of esters is 1. The molecule has 21 heavy (non-hydrogen) atoms. The van der Waals surface area contributed by atoms with Crippen molar-refractivity contribution in [3.05, 3.63) is 0 Å². The summed E-state index contributed by atoms with van der Waals surface area (Å²) in [4.78, 5) is 36.1. The van der Waals surface area contributed by atoms with Crippen molar-refractivity contribution in [1.29, 1.82) is 0 Å². The fraction of sp³-hybridized carbons (Fsp3) is 0.786. The van der Waals surface area contributed by atoms with E-state index in [9.17, 15) is 14.4 Å². The molecule has 0 fully saturated rings. The zero-order valence-electron chi connectivity index (χ0n) is 12.5. The Balaban J connectivity index is 5.64. The second-order valence-electron chi connectivity index (χ2n) is 4.94. The van der Waals surface area contributed by atoms with Gasteiger partial charge in [0.15, 0.2) is 0 Å². The summed E-state index contributed by atoms with van der Waals surface area (Å²) in [6.07, 6.45) is 1.59. The lowest BCUT2D eigenvalue weighted by Crippen LogP contribution is -2.46. The number of Topliss-reactive ketones (excluding diaryl/α,β-unsaturated/α-hetero) is 2. The third-order valence-electron chi connectivity index (χ3n) is 3.22. The molecule has 0 aromatic heterocycles. The molecular formula is C14H21Cl3O4. The molecule has 0 saturated carbocycles. The smallest absolute Gasteiger partial charge is 0.319 e. The fourth-order valence-electron chi connectivity index (χ4n) is 2.06. The van der Waals surface area contributed by atoms with E-state index < -0.39 is 21.0 Å². The minimum absolute atomic E-state index is 0.00604. The van der Waals surface area contributed by atoms with Crippen molar-refractivity contribution in [2.45, 2.75) is 56.7 Å². The Morgan fingerprint density at radius 1 is 1.05 bits per heavy atom. The Hall–Kier alpha value is -0.320. The van der Waals surface area contributed by atoms with E-state index in [0.717, 1.165) is 6.42 Å². The number of halogens is 3. The predicted molar refractivity (Wildman–Crippen MR) is 83.8 cm³/mol. The summed E-state index contributed by atoms with van der Waals surface area (Å²) in [5.74, 6) is -1.69. The van der Waals surface area contributed by atoms with Crippen LogP contribution in [0.4, 0.5) is 0 Å². The molecule has 0 aromatic rings. The van der Waals surface area contributed by atoms with E-state index in [1.165, 1.54) is 6.92 Å². The Labute approximate surface area is 140 Å². The Morgan fingerprint density at radius 2 is 1.62 bits per heavy atom. The second-order valence-corrected chi connectivity index (χ2v) is 7.22. The number of carbonyl (C=O) groups is 3. The summed E-state index contributed by atoms with van der Waals surface area (Å²) < 4.78 is 2.78. The van der Waals surface area contributed by atoms with Crippen LogP contribution in [-0.4, -0.2) is 27.9 Å². The molecule has 0 aliphatic heterocycles. The van der Waals surface area contributed by atoms with Crippen molar-refractivity contribution in [2.75, 3.05) is 6.61 Å². The van der Waals surface area contributed by atoms with Gasteiger partial charge >= 0.3 is 5.97 Å². The highest BCUT2D eigenvalue weighted by Gasteiger charge is 2.53. The molecular weight excluding hydrogens is 339 g/mol. The Bertz CT molecular complexity index is 390. The molecule has 0 aliphatic carbocycles. The van der Waals surface area contributed by atoms with Crippen LogP contribution < -0.4 is 0 Å². The summed E-state index contributed by atoms with van der Waals surface area (Å²) in [6, 6.07) is 0. The first-order valence-corrected chi connectivity index (χ1v) is 8.03. The summed E-state index contributed by atoms with van der Waals surface area (Å²) >= 11 is 17.1. The van der Waals surface area contributed by atoms with E-state index in [-0.39, 0.29) is 31.7 Å². The van der Waals surface area contributed by atoms with E-state index in [1.54, 1.807) is 6.92 Å². The first-order valence-electron chi connectivity index (χ1n) is 6.90. The number of hydrogen-bond donors (Lipinski definition) is 0. The standard InChI is InChI=1S/C14H21Cl3O4/c1-4-6-8-13(9-7-10(3)18,12(20)21-5-2)11(19)14(15,16)17/h4-9H2,1-3H3. The van der Waals surface area contributed by atoms with Gasteiger partial charge in [-0.05, 0) is 26.7 Å². The number of carbonyl (C=O) groups excluding carboxylic acids is 3. The first kappa shape index (κ1) is 20.7. The Kier molecular flexibility index (Phi) is 8.83. The number of ether oxygens (including phenoxy) is 1. The normalized spacial score (nSPS) is 14.4. The van der Waals surface area contributed by atoms with E-state index in [0.29, 0.717) is 6.42 Å². The van der Waals surface area contributed by atoms with Crippen molar-refractivity contribution in [2.24, 2.45) is 5.41 Å². The molecule has 122 valence electrons. The van der Waals surface area contributed by atoms with Gasteiger partial charge in [-0.1, -0.05) is 54.6 Å². The summed E-state index contributed by atoms with van der Waals surface area (Å²) in [5.41, 5.74) is -1.58. The van der Waals surface area contributed by atoms with Crippen LogP contribution in [0, 0.1) is 5.41 Å². The molecule has 0 heterocycles. The van der Waals surface area contributed by atoms with Crippen molar-refractivity contribution < 1.29 is 19.1 Å². The van der Waals surface area contributed by atoms with Crippen LogP contribution in [0.15, 0.2) is 0 Å². The van der Waals surface area contributed by atoms with Crippen LogP contribution in [0.5, 0.6) is 0 Å². The summed E-state index contributed by atoms with van der Waals surface area (Å²) in [6.45, 7) is 5.05. The SMILES string of the molecule is CCCCC(CCC(C)=O)(C(=O)OCC)C(=O)C(Cl)(Cl)Cl. The van der Waals surface area contributed by atoms with Crippen LogP contribution in [0.1, 0.15) is 52.9 Å². The van der Waals surface area contributed by atoms with E-state index in [1.807, 2.05) is 6.92 Å². The minimum Gasteiger partial charge on any atom is -0.465 e. The molecule has 0 amide bonds. The highest BCUT2D eigenvalue weighted by atomic mass is 35.6. The van der Waals surface area contributed by atoms with Crippen LogP contribution >= 0.6 is 34.8 Å². The molecule has 1 unspecified atom stereocenters. The lowest BCUT2D eigenvalue weighted by Gasteiger charge is -2.32. The molecule has 0 aromatic carbocycles. The molecule has 4 nitrogen and oxygen atoms in total. The van der Waals surface area contributed by atoms with Gasteiger partial charge in [0, 0.05) is 6.42 Å². The van der Waals surface area contributed by atoms with Gasteiger partial charge in [0.05, 0.1) is 6.61 Å². The number of rotatable bonds is 9. The van der Waals surface area contributed by atoms with Gasteiger partial charge in [-0.15, -0.1) is 0 Å². The lowest BCUT2D eigenvalue weighted by atomic mass is 9.75. The maximum absolute atomic E-state index is 12.5. The molecule has 0 bridgehead atoms. The maximum atomic E-state index is 12.5. The van der Waals surface area contributed by atoms with Gasteiger partial charge in [0.2, 0.25) is 9.58 Å². The van der Waals surface area contributed by atoms with Gasteiger partial charge in [-0.3, -0.25) is 9.59 Å². The first-order chi connectivity index (χ1) is 9.61. The monoisotopic (exact) mass is 358 g/mol. The number of alkyl halides is 3. The van der Waals surface area contributed by atoms with Crippen molar-refractivity contribution in [3.63, 3.8) is 0 Å². The van der Waals surface area contributed by atoms with Crippen molar-refractivity contribution in [1.82, 2.24) is 0 Å². The summed E-state index contributed by atoms with van der Waals surface area (Å²) in [5, 5.41) is 0. The maximum Gasteiger partial charge on any atom is 0.319 e. The zero-order chi connectivity index (χ0) is 16.7. The lowest BCUT2D eigenvalue weighted by molar-refractivity contribution is -0.161. The van der Waals surface area contributed by atoms with Crippen molar-refractivity contribution >= 4 is 52.3 Å². The van der Waals surface area contributed by atoms with Gasteiger partial charge in [0.1, 0.15) is 11.2 Å². The van der Waals surface area contributed by atoms with E-state index >= 15 is 0 Å². The number of unbranched alkanes of at least 4 members (excludes halogenated alkanes) is 1. The number of ketones is 2. The molecule has 7 heteroatoms. The Morgan fingerprint density at radius 3 is 2.00 bits per heavy atom. The van der Waals surface area contributed by atoms with Crippen LogP contribution in [0.3, 0.4) is 0 Å². The second kappa shape index (κ2) is 8.96. The van der Waals surface area contributed by atoms with Gasteiger partial charge in [0.25, 0.3) is 0 Å². The van der Waals surface area contributed by atoms with Gasteiger partial charge < -0.3 is 9.53 Å². The molecule has 0 N–H and O–H groups in total. The quantitative estimate of drug-likeness (QED) is 0.354. The largest absolute Gasteiger partial charge is 0.465 e. The topological polar surface area (TPSA) is 60.4 Å². The van der Waals surface area contributed by atoms with Gasteiger partial charge in [-0.2, -0.15) is 0 Å². The molecule has 0 spiro atoms. The molecule has 1 atom stereocenters. The average Bonchev–Trinajstić information content (AvgIpc) is 2.37. The van der Waals surface area contributed by atoms with E-state index in [4.69, 9.17) is 39.5 Å². The average molecular weight is 360 g/mol. The fourth-order valence-corrected chi connectivity index (χ4v) is 2.60. The molecule has 0 rings (SSSR count). The highest BCUT2D eigenvalue weighted by molar-refractivity contribution is 6.77. The van der Waals surface area contributed by atoms with E-state index in [2.05, 4.69) is 0 Å². The minimum atomic E-state index is -2.22. The molecule has 0 radical (unpaired) electrons. The molecule has 0 saturated heterocycles. The van der Waals surface area contributed by atoms with Crippen molar-refractivity contribution in [3.8, 4) is 0 Å². The third kappa shape index (κ3) is 6.13. The molecule has 0 aliphatic rings. The zero-order valence-corrected chi connectivity index (χ0v) is 14.8. The predicted octanol–water partition coefficient (Wildman–Crippen LogP) is 4.03. The summed E-state index contributed by atoms with van der Waals surface area (Å²) in [7, 11) is 0.